The fourth-order valence-corrected chi connectivity index (χ4v) is 3.06. The molecule has 1 aliphatic rings. The number of aryl methyl sites for hydroxylation is 2. The van der Waals surface area contributed by atoms with E-state index in [9.17, 15) is 9.18 Å². The van der Waals surface area contributed by atoms with E-state index in [0.29, 0.717) is 31.6 Å². The van der Waals surface area contributed by atoms with Crippen LogP contribution in [0.1, 0.15) is 33.7 Å². The molecule has 3 rings (SSSR count). The molecule has 1 amide bonds. The summed E-state index contributed by atoms with van der Waals surface area (Å²) in [6.07, 6.45) is -0.353. The van der Waals surface area contributed by atoms with Crippen LogP contribution in [0.2, 0.25) is 0 Å². The van der Waals surface area contributed by atoms with Gasteiger partial charge in [-0.1, -0.05) is 12.1 Å². The summed E-state index contributed by atoms with van der Waals surface area (Å²) < 4.78 is 15.1. The maximum absolute atomic E-state index is 13.1. The number of carbonyl (C=O) groups excluding carboxylic acids is 1. The molecule has 5 nitrogen and oxygen atoms in total. The van der Waals surface area contributed by atoms with E-state index in [1.54, 1.807) is 6.07 Å². The highest BCUT2D eigenvalue weighted by Gasteiger charge is 2.23. The molecule has 128 valence electrons. The first-order valence-corrected chi connectivity index (χ1v) is 8.27. The van der Waals surface area contributed by atoms with Gasteiger partial charge >= 0.3 is 0 Å². The summed E-state index contributed by atoms with van der Waals surface area (Å²) in [6, 6.07) is 9.58. The number of hydrogen-bond acceptors (Lipinski definition) is 3. The first-order chi connectivity index (χ1) is 11.5. The molecule has 1 aromatic carbocycles. The minimum atomic E-state index is -0.809. The van der Waals surface area contributed by atoms with Gasteiger partial charge < -0.3 is 10.6 Å². The molecule has 1 aliphatic heterocycles. The van der Waals surface area contributed by atoms with Crippen LogP contribution in [0.3, 0.4) is 0 Å². The van der Waals surface area contributed by atoms with E-state index in [-0.39, 0.29) is 11.9 Å². The molecule has 2 aromatic rings. The summed E-state index contributed by atoms with van der Waals surface area (Å²) in [7, 11) is 0. The van der Waals surface area contributed by atoms with Crippen molar-refractivity contribution in [1.82, 2.24) is 20.4 Å². The van der Waals surface area contributed by atoms with Crippen LogP contribution in [-0.2, 0) is 6.54 Å². The number of alkyl halides is 1. The summed E-state index contributed by atoms with van der Waals surface area (Å²) in [6.45, 7) is 5.43. The first kappa shape index (κ1) is 16.6. The molecule has 24 heavy (non-hydrogen) atoms. The van der Waals surface area contributed by atoms with Crippen molar-refractivity contribution in [1.29, 1.82) is 0 Å². The van der Waals surface area contributed by atoms with E-state index in [0.717, 1.165) is 17.0 Å². The van der Waals surface area contributed by atoms with Gasteiger partial charge in [0.05, 0.1) is 12.2 Å². The summed E-state index contributed by atoms with van der Waals surface area (Å²) in [5.74, 6) is -0.130. The Hall–Kier alpha value is -2.21. The van der Waals surface area contributed by atoms with Crippen LogP contribution in [0.25, 0.3) is 0 Å². The van der Waals surface area contributed by atoms with Gasteiger partial charge in [0.1, 0.15) is 6.17 Å². The predicted molar refractivity (Wildman–Crippen MR) is 90.9 cm³/mol. The fourth-order valence-electron chi connectivity index (χ4n) is 3.06. The molecule has 0 radical (unpaired) electrons. The molecule has 0 saturated carbocycles. The lowest BCUT2D eigenvalue weighted by atomic mass is 10.1. The normalized spacial score (nSPS) is 20.3. The van der Waals surface area contributed by atoms with E-state index >= 15 is 0 Å². The number of nitrogens with zero attached hydrogens (tertiary/aromatic N) is 2. The largest absolute Gasteiger partial charge is 0.350 e. The van der Waals surface area contributed by atoms with Gasteiger partial charge in [0, 0.05) is 30.4 Å². The topological polar surface area (TPSA) is 59.0 Å². The second-order valence-electron chi connectivity index (χ2n) is 6.43. The summed E-state index contributed by atoms with van der Waals surface area (Å²) in [5.41, 5.74) is 3.72. The Morgan fingerprint density at radius 3 is 2.92 bits per heavy atom. The Bertz CT molecular complexity index is 728. The third-order valence-corrected chi connectivity index (χ3v) is 4.30. The maximum atomic E-state index is 13.1. The highest BCUT2D eigenvalue weighted by atomic mass is 19.1. The van der Waals surface area contributed by atoms with Crippen LogP contribution < -0.4 is 10.6 Å². The van der Waals surface area contributed by atoms with Gasteiger partial charge in [-0.25, -0.2) is 4.39 Å². The van der Waals surface area contributed by atoms with E-state index < -0.39 is 6.17 Å². The molecule has 2 atom stereocenters. The molecule has 1 saturated heterocycles. The smallest absolute Gasteiger partial charge is 0.251 e. The Morgan fingerprint density at radius 1 is 1.42 bits per heavy atom. The van der Waals surface area contributed by atoms with E-state index in [1.165, 1.54) is 0 Å². The Balaban J connectivity index is 1.61. The molecule has 2 unspecified atom stereocenters. The molecule has 0 aliphatic carbocycles. The zero-order valence-corrected chi connectivity index (χ0v) is 14.1. The van der Waals surface area contributed by atoms with Crippen LogP contribution in [-0.4, -0.2) is 41.0 Å². The minimum Gasteiger partial charge on any atom is -0.350 e. The van der Waals surface area contributed by atoms with Crippen molar-refractivity contribution < 1.29 is 9.18 Å². The van der Waals surface area contributed by atoms with Crippen molar-refractivity contribution in [3.05, 3.63) is 52.8 Å². The van der Waals surface area contributed by atoms with Crippen molar-refractivity contribution in [3.63, 3.8) is 0 Å². The van der Waals surface area contributed by atoms with Crippen molar-refractivity contribution in [3.8, 4) is 0 Å². The maximum Gasteiger partial charge on any atom is 0.251 e. The van der Waals surface area contributed by atoms with Crippen LogP contribution in [0.4, 0.5) is 4.39 Å². The second kappa shape index (κ2) is 7.13. The highest BCUT2D eigenvalue weighted by Crippen LogP contribution is 2.11. The zero-order chi connectivity index (χ0) is 17.1. The molecule has 2 heterocycles. The quantitative estimate of drug-likeness (QED) is 0.881. The average molecular weight is 330 g/mol. The third-order valence-electron chi connectivity index (χ3n) is 4.30. The molecular weight excluding hydrogens is 307 g/mol. The van der Waals surface area contributed by atoms with Crippen molar-refractivity contribution >= 4 is 5.91 Å². The van der Waals surface area contributed by atoms with Crippen molar-refractivity contribution in [2.45, 2.75) is 39.0 Å². The number of benzene rings is 1. The van der Waals surface area contributed by atoms with Gasteiger partial charge in [0.25, 0.3) is 5.91 Å². The third kappa shape index (κ3) is 4.00. The molecule has 6 heteroatoms. The Labute approximate surface area is 141 Å². The van der Waals surface area contributed by atoms with E-state index in [1.807, 2.05) is 42.8 Å². The van der Waals surface area contributed by atoms with Gasteiger partial charge in [-0.15, -0.1) is 0 Å². The van der Waals surface area contributed by atoms with Gasteiger partial charge in [-0.3, -0.25) is 9.48 Å². The summed E-state index contributed by atoms with van der Waals surface area (Å²) in [4.78, 5) is 12.3. The molecule has 1 aromatic heterocycles. The average Bonchev–Trinajstić information content (AvgIpc) is 3.10. The molecular formula is C18H23FN4O. The molecule has 0 bridgehead atoms. The van der Waals surface area contributed by atoms with Gasteiger partial charge in [0.15, 0.2) is 0 Å². The zero-order valence-electron chi connectivity index (χ0n) is 14.1. The van der Waals surface area contributed by atoms with Crippen molar-refractivity contribution in [2.24, 2.45) is 0 Å². The Morgan fingerprint density at radius 2 is 2.25 bits per heavy atom. The first-order valence-electron chi connectivity index (χ1n) is 8.27. The number of amides is 1. The van der Waals surface area contributed by atoms with E-state index in [4.69, 9.17) is 0 Å². The van der Waals surface area contributed by atoms with Crippen LogP contribution in [0.5, 0.6) is 0 Å². The van der Waals surface area contributed by atoms with Crippen LogP contribution >= 0.6 is 0 Å². The highest BCUT2D eigenvalue weighted by molar-refractivity contribution is 5.94. The molecule has 2 N–H and O–H groups in total. The van der Waals surface area contributed by atoms with Gasteiger partial charge in [-0.2, -0.15) is 5.10 Å². The predicted octanol–water partition coefficient (Wildman–Crippen LogP) is 1.98. The second-order valence-corrected chi connectivity index (χ2v) is 6.43. The number of rotatable bonds is 5. The number of nitrogens with one attached hydrogen (secondary N) is 2. The number of hydrogen-bond donors (Lipinski definition) is 2. The summed E-state index contributed by atoms with van der Waals surface area (Å²) >= 11 is 0. The lowest BCUT2D eigenvalue weighted by molar-refractivity contribution is 0.0950. The SMILES string of the molecule is Cc1cc(C)n(Cc2cccc(C(=O)NCC3CC(F)CN3)c2)n1. The Kier molecular flexibility index (Phi) is 4.94. The van der Waals surface area contributed by atoms with Crippen LogP contribution in [0.15, 0.2) is 30.3 Å². The van der Waals surface area contributed by atoms with Crippen LogP contribution in [0, 0.1) is 13.8 Å². The number of halogens is 1. The van der Waals surface area contributed by atoms with Gasteiger partial charge in [-0.05, 0) is 44.0 Å². The summed E-state index contributed by atoms with van der Waals surface area (Å²) in [5, 5.41) is 10.4. The molecule has 1 fully saturated rings. The number of aromatic nitrogens is 2. The van der Waals surface area contributed by atoms with Gasteiger partial charge in [0.2, 0.25) is 0 Å². The number of carbonyl (C=O) groups is 1. The standard InChI is InChI=1S/C18H23FN4O/c1-12-6-13(2)23(22-12)11-14-4-3-5-15(7-14)18(24)21-10-17-8-16(19)9-20-17/h3-7,16-17,20H,8-11H2,1-2H3,(H,21,24). The fraction of sp³-hybridized carbons (Fsp3) is 0.444. The molecule has 0 spiro atoms. The lowest BCUT2D eigenvalue weighted by Gasteiger charge is -2.12. The monoisotopic (exact) mass is 330 g/mol. The van der Waals surface area contributed by atoms with Crippen molar-refractivity contribution in [2.75, 3.05) is 13.1 Å². The minimum absolute atomic E-state index is 0.0156. The van der Waals surface area contributed by atoms with E-state index in [2.05, 4.69) is 15.7 Å². The lowest BCUT2D eigenvalue weighted by Crippen LogP contribution is -2.37.